The number of amides is 1. The van der Waals surface area contributed by atoms with Gasteiger partial charge in [-0.3, -0.25) is 14.9 Å². The van der Waals surface area contributed by atoms with Crippen molar-refractivity contribution in [3.05, 3.63) is 87.1 Å². The molecule has 0 aromatic heterocycles. The van der Waals surface area contributed by atoms with Gasteiger partial charge < -0.3 is 10.1 Å². The van der Waals surface area contributed by atoms with Crippen molar-refractivity contribution in [1.29, 1.82) is 0 Å². The van der Waals surface area contributed by atoms with Crippen LogP contribution in [0.4, 0.5) is 5.69 Å². The number of benzene rings is 2. The van der Waals surface area contributed by atoms with E-state index in [2.05, 4.69) is 5.32 Å². The number of allylic oxidation sites excluding steroid dienone is 1. The van der Waals surface area contributed by atoms with E-state index in [1.807, 2.05) is 30.3 Å². The summed E-state index contributed by atoms with van der Waals surface area (Å²) in [5.74, 6) is -1.56. The van der Waals surface area contributed by atoms with Gasteiger partial charge in [0, 0.05) is 29.7 Å². The summed E-state index contributed by atoms with van der Waals surface area (Å²) < 4.78 is 5.44. The molecule has 0 fully saturated rings. The van der Waals surface area contributed by atoms with Crippen LogP contribution in [0.1, 0.15) is 36.8 Å². The maximum atomic E-state index is 12.8. The first-order valence-corrected chi connectivity index (χ1v) is 9.42. The Kier molecular flexibility index (Phi) is 6.39. The van der Waals surface area contributed by atoms with E-state index in [4.69, 9.17) is 4.74 Å². The van der Waals surface area contributed by atoms with E-state index in [0.717, 1.165) is 12.0 Å². The largest absolute Gasteiger partial charge is 0.462 e. The van der Waals surface area contributed by atoms with Crippen molar-refractivity contribution >= 4 is 17.6 Å². The molecule has 1 heterocycles. The number of nitrogens with zero attached hydrogens (tertiary/aromatic N) is 1. The molecule has 0 aliphatic carbocycles. The summed E-state index contributed by atoms with van der Waals surface area (Å²) in [6, 6.07) is 16.0. The van der Waals surface area contributed by atoms with Crippen molar-refractivity contribution in [1.82, 2.24) is 5.32 Å². The molecule has 0 saturated heterocycles. The highest BCUT2D eigenvalue weighted by Crippen LogP contribution is 2.37. The zero-order valence-electron chi connectivity index (χ0n) is 16.1. The summed E-state index contributed by atoms with van der Waals surface area (Å²) in [5.41, 5.74) is 2.01. The van der Waals surface area contributed by atoms with Crippen molar-refractivity contribution in [2.24, 2.45) is 0 Å². The van der Waals surface area contributed by atoms with Gasteiger partial charge >= 0.3 is 5.97 Å². The summed E-state index contributed by atoms with van der Waals surface area (Å²) in [6.07, 6.45) is 1.39. The van der Waals surface area contributed by atoms with Gasteiger partial charge in [0.1, 0.15) is 0 Å². The Morgan fingerprint density at radius 1 is 1.17 bits per heavy atom. The minimum absolute atomic E-state index is 0.0450. The van der Waals surface area contributed by atoms with Crippen molar-refractivity contribution in [2.45, 2.75) is 32.1 Å². The summed E-state index contributed by atoms with van der Waals surface area (Å²) in [5, 5.41) is 14.1. The first-order valence-electron chi connectivity index (χ1n) is 9.42. The van der Waals surface area contributed by atoms with Gasteiger partial charge in [-0.1, -0.05) is 48.5 Å². The third-order valence-electron chi connectivity index (χ3n) is 4.88. The molecule has 2 aromatic carbocycles. The maximum absolute atomic E-state index is 12.8. The zero-order chi connectivity index (χ0) is 20.8. The lowest BCUT2D eigenvalue weighted by molar-refractivity contribution is -0.385. The first-order chi connectivity index (χ1) is 14.0. The van der Waals surface area contributed by atoms with E-state index in [1.54, 1.807) is 25.1 Å². The number of ether oxygens (including phenoxy) is 1. The molecule has 1 aliphatic heterocycles. The zero-order valence-corrected chi connectivity index (χ0v) is 16.1. The molecule has 150 valence electrons. The lowest BCUT2D eigenvalue weighted by Gasteiger charge is -2.26. The van der Waals surface area contributed by atoms with E-state index >= 15 is 0 Å². The lowest BCUT2D eigenvalue weighted by Crippen LogP contribution is -2.34. The van der Waals surface area contributed by atoms with Gasteiger partial charge in [-0.15, -0.1) is 0 Å². The van der Waals surface area contributed by atoms with Crippen LogP contribution in [-0.2, 0) is 20.7 Å². The summed E-state index contributed by atoms with van der Waals surface area (Å²) in [7, 11) is 0. The molecule has 3 rings (SSSR count). The Labute approximate surface area is 168 Å². The number of esters is 1. The lowest BCUT2D eigenvalue weighted by atomic mass is 9.83. The van der Waals surface area contributed by atoms with Crippen LogP contribution >= 0.6 is 0 Å². The molecule has 1 amide bonds. The molecule has 0 unspecified atom stereocenters. The van der Waals surface area contributed by atoms with Gasteiger partial charge in [-0.25, -0.2) is 4.79 Å². The molecule has 2 aromatic rings. The standard InChI is InChI=1S/C22H22N2O5/c1-15-21(22(26)29-13-7-10-16-8-3-2-4-9-16)18(14-20(25)23-15)17-11-5-6-12-19(17)24(27)28/h2-6,8-9,11-12,18H,7,10,13-14H2,1H3,(H,23,25)/t18-/m0/s1. The Hall–Kier alpha value is -3.48. The third-order valence-corrected chi connectivity index (χ3v) is 4.88. The van der Waals surface area contributed by atoms with Gasteiger partial charge in [0.05, 0.1) is 17.1 Å². The van der Waals surface area contributed by atoms with E-state index in [0.29, 0.717) is 17.7 Å². The highest BCUT2D eigenvalue weighted by atomic mass is 16.6. The Morgan fingerprint density at radius 3 is 2.59 bits per heavy atom. The van der Waals surface area contributed by atoms with Crippen LogP contribution in [-0.4, -0.2) is 23.4 Å². The predicted molar refractivity (Wildman–Crippen MR) is 107 cm³/mol. The summed E-state index contributed by atoms with van der Waals surface area (Å²) in [4.78, 5) is 35.8. The van der Waals surface area contributed by atoms with Gasteiger partial charge in [0.2, 0.25) is 5.91 Å². The molecule has 0 saturated carbocycles. The normalized spacial score (nSPS) is 16.3. The number of nitro groups is 1. The summed E-state index contributed by atoms with van der Waals surface area (Å²) in [6.45, 7) is 1.83. The number of para-hydroxylation sites is 1. The number of hydrogen-bond acceptors (Lipinski definition) is 5. The second-order valence-corrected chi connectivity index (χ2v) is 6.88. The van der Waals surface area contributed by atoms with E-state index in [9.17, 15) is 19.7 Å². The second kappa shape index (κ2) is 9.14. The van der Waals surface area contributed by atoms with Crippen LogP contribution in [0.25, 0.3) is 0 Å². The number of nitrogens with one attached hydrogen (secondary N) is 1. The molecule has 7 heteroatoms. The number of rotatable bonds is 7. The highest BCUT2D eigenvalue weighted by molar-refractivity contribution is 5.96. The van der Waals surface area contributed by atoms with Crippen molar-refractivity contribution in [2.75, 3.05) is 6.61 Å². The first kappa shape index (κ1) is 20.3. The monoisotopic (exact) mass is 394 g/mol. The smallest absolute Gasteiger partial charge is 0.336 e. The molecular formula is C22H22N2O5. The van der Waals surface area contributed by atoms with Crippen LogP contribution in [0, 0.1) is 10.1 Å². The van der Waals surface area contributed by atoms with Gasteiger partial charge in [0.25, 0.3) is 5.69 Å². The number of nitro benzene ring substituents is 1. The Bertz CT molecular complexity index is 953. The molecule has 1 aliphatic rings. The average Bonchev–Trinajstić information content (AvgIpc) is 2.71. The highest BCUT2D eigenvalue weighted by Gasteiger charge is 2.36. The van der Waals surface area contributed by atoms with Crippen LogP contribution in [0.3, 0.4) is 0 Å². The average molecular weight is 394 g/mol. The molecular weight excluding hydrogens is 372 g/mol. The van der Waals surface area contributed by atoms with E-state index in [1.165, 1.54) is 6.07 Å². The molecule has 0 radical (unpaired) electrons. The molecule has 1 N–H and O–H groups in total. The van der Waals surface area contributed by atoms with Crippen molar-refractivity contribution in [3.63, 3.8) is 0 Å². The second-order valence-electron chi connectivity index (χ2n) is 6.88. The minimum atomic E-state index is -0.716. The molecule has 0 spiro atoms. The maximum Gasteiger partial charge on any atom is 0.336 e. The van der Waals surface area contributed by atoms with Crippen molar-refractivity contribution in [3.8, 4) is 0 Å². The molecule has 1 atom stereocenters. The van der Waals surface area contributed by atoms with Crippen LogP contribution in [0.2, 0.25) is 0 Å². The van der Waals surface area contributed by atoms with Gasteiger partial charge in [-0.2, -0.15) is 0 Å². The number of hydrogen-bond donors (Lipinski definition) is 1. The number of carbonyl (C=O) groups excluding carboxylic acids is 2. The van der Waals surface area contributed by atoms with Crippen LogP contribution in [0.15, 0.2) is 65.9 Å². The van der Waals surface area contributed by atoms with Crippen LogP contribution < -0.4 is 5.32 Å². The minimum Gasteiger partial charge on any atom is -0.462 e. The molecule has 7 nitrogen and oxygen atoms in total. The van der Waals surface area contributed by atoms with Crippen molar-refractivity contribution < 1.29 is 19.2 Å². The topological polar surface area (TPSA) is 98.5 Å². The fourth-order valence-corrected chi connectivity index (χ4v) is 3.55. The third kappa shape index (κ3) is 4.87. The molecule has 0 bridgehead atoms. The SMILES string of the molecule is CC1=C(C(=O)OCCCc2ccccc2)[C@H](c2ccccc2[N+](=O)[O-])CC(=O)N1. The fourth-order valence-electron chi connectivity index (χ4n) is 3.55. The van der Waals surface area contributed by atoms with Gasteiger partial charge in [0.15, 0.2) is 0 Å². The number of carbonyl (C=O) groups is 2. The Morgan fingerprint density at radius 2 is 1.86 bits per heavy atom. The summed E-state index contributed by atoms with van der Waals surface area (Å²) >= 11 is 0. The van der Waals surface area contributed by atoms with Gasteiger partial charge in [-0.05, 0) is 25.3 Å². The number of aryl methyl sites for hydroxylation is 1. The fraction of sp³-hybridized carbons (Fsp3) is 0.273. The van der Waals surface area contributed by atoms with E-state index < -0.39 is 16.8 Å². The van der Waals surface area contributed by atoms with E-state index in [-0.39, 0.29) is 30.2 Å². The molecule has 29 heavy (non-hydrogen) atoms. The quantitative estimate of drug-likeness (QED) is 0.334. The van der Waals surface area contributed by atoms with Crippen LogP contribution in [0.5, 0.6) is 0 Å². The predicted octanol–water partition coefficient (Wildman–Crippen LogP) is 3.65. The Balaban J connectivity index is 1.76.